The Morgan fingerprint density at radius 2 is 2.22 bits per heavy atom. The number of nitrogens with one attached hydrogen (secondary N) is 2. The zero-order valence-corrected chi connectivity index (χ0v) is 14.7. The van der Waals surface area contributed by atoms with Crippen LogP contribution in [0.4, 0.5) is 15.9 Å². The summed E-state index contributed by atoms with van der Waals surface area (Å²) >= 11 is 0. The second-order valence-electron chi connectivity index (χ2n) is 6.91. The Morgan fingerprint density at radius 1 is 1.33 bits per heavy atom. The van der Waals surface area contributed by atoms with Crippen molar-refractivity contribution in [1.82, 2.24) is 15.5 Å². The number of amides is 2. The monoisotopic (exact) mass is 369 g/mol. The lowest BCUT2D eigenvalue weighted by molar-refractivity contribution is -0.126. The minimum Gasteiger partial charge on any atom is -0.353 e. The van der Waals surface area contributed by atoms with E-state index in [1.807, 2.05) is 12.1 Å². The van der Waals surface area contributed by atoms with Crippen molar-refractivity contribution in [2.24, 2.45) is 0 Å². The second kappa shape index (κ2) is 7.30. The summed E-state index contributed by atoms with van der Waals surface area (Å²) in [6.07, 6.45) is 3.47. The average Bonchev–Trinajstić information content (AvgIpc) is 2.68. The summed E-state index contributed by atoms with van der Waals surface area (Å²) in [5.74, 6) is -0.751. The van der Waals surface area contributed by atoms with E-state index >= 15 is 0 Å². The number of rotatable bonds is 3. The SMILES string of the molecule is O=C1CC(C(=O)NC2CCCN(c3cccnn3)C2)c2ccc(F)cc2N1. The molecule has 0 spiro atoms. The predicted molar refractivity (Wildman–Crippen MR) is 97.8 cm³/mol. The third-order valence-corrected chi connectivity index (χ3v) is 5.02. The molecule has 2 atom stereocenters. The number of halogens is 1. The summed E-state index contributed by atoms with van der Waals surface area (Å²) in [5.41, 5.74) is 1.02. The molecule has 3 heterocycles. The first-order valence-corrected chi connectivity index (χ1v) is 9.02. The van der Waals surface area contributed by atoms with Gasteiger partial charge in [-0.2, -0.15) is 5.10 Å². The summed E-state index contributed by atoms with van der Waals surface area (Å²) < 4.78 is 13.5. The molecular weight excluding hydrogens is 349 g/mol. The fraction of sp³-hybridized carbons (Fsp3) is 0.368. The van der Waals surface area contributed by atoms with E-state index in [4.69, 9.17) is 0 Å². The number of aromatic nitrogens is 2. The zero-order valence-electron chi connectivity index (χ0n) is 14.7. The molecule has 2 aliphatic rings. The van der Waals surface area contributed by atoms with Crippen molar-refractivity contribution in [2.75, 3.05) is 23.3 Å². The van der Waals surface area contributed by atoms with Crippen molar-refractivity contribution >= 4 is 23.3 Å². The first kappa shape index (κ1) is 17.4. The fourth-order valence-electron chi connectivity index (χ4n) is 3.74. The quantitative estimate of drug-likeness (QED) is 0.862. The van der Waals surface area contributed by atoms with E-state index in [2.05, 4.69) is 25.7 Å². The fourth-order valence-corrected chi connectivity index (χ4v) is 3.74. The highest BCUT2D eigenvalue weighted by atomic mass is 19.1. The molecule has 0 saturated carbocycles. The third kappa shape index (κ3) is 3.74. The van der Waals surface area contributed by atoms with Gasteiger partial charge in [-0.25, -0.2) is 4.39 Å². The van der Waals surface area contributed by atoms with Crippen molar-refractivity contribution in [3.8, 4) is 0 Å². The molecule has 1 saturated heterocycles. The Bertz CT molecular complexity index is 860. The summed E-state index contributed by atoms with van der Waals surface area (Å²) in [6, 6.07) is 7.83. The maximum atomic E-state index is 13.5. The van der Waals surface area contributed by atoms with Gasteiger partial charge in [0.05, 0.1) is 5.92 Å². The second-order valence-corrected chi connectivity index (χ2v) is 6.91. The average molecular weight is 369 g/mol. The molecule has 8 heteroatoms. The Morgan fingerprint density at radius 3 is 3.04 bits per heavy atom. The van der Waals surface area contributed by atoms with Crippen LogP contribution in [0.15, 0.2) is 36.5 Å². The highest BCUT2D eigenvalue weighted by Gasteiger charge is 2.33. The van der Waals surface area contributed by atoms with Crippen LogP contribution in [0.1, 0.15) is 30.7 Å². The molecule has 1 fully saturated rings. The Kier molecular flexibility index (Phi) is 4.70. The van der Waals surface area contributed by atoms with E-state index in [-0.39, 0.29) is 24.3 Å². The maximum Gasteiger partial charge on any atom is 0.228 e. The van der Waals surface area contributed by atoms with Gasteiger partial charge in [-0.05, 0) is 42.7 Å². The summed E-state index contributed by atoms with van der Waals surface area (Å²) in [5, 5.41) is 13.7. The van der Waals surface area contributed by atoms with Gasteiger partial charge in [0.2, 0.25) is 11.8 Å². The molecule has 2 aromatic rings. The number of carbonyl (C=O) groups excluding carboxylic acids is 2. The topological polar surface area (TPSA) is 87.2 Å². The minimum atomic E-state index is -0.610. The molecule has 2 unspecified atom stereocenters. The van der Waals surface area contributed by atoms with Crippen LogP contribution >= 0.6 is 0 Å². The van der Waals surface area contributed by atoms with Gasteiger partial charge >= 0.3 is 0 Å². The van der Waals surface area contributed by atoms with Crippen LogP contribution in [0.5, 0.6) is 0 Å². The molecule has 7 nitrogen and oxygen atoms in total. The zero-order chi connectivity index (χ0) is 18.8. The number of nitrogens with zero attached hydrogens (tertiary/aromatic N) is 3. The van der Waals surface area contributed by atoms with Gasteiger partial charge in [0.25, 0.3) is 0 Å². The number of benzene rings is 1. The lowest BCUT2D eigenvalue weighted by atomic mass is 9.89. The number of fused-ring (bicyclic) bond motifs is 1. The van der Waals surface area contributed by atoms with Crippen LogP contribution in [-0.2, 0) is 9.59 Å². The predicted octanol–water partition coefficient (Wildman–Crippen LogP) is 1.83. The van der Waals surface area contributed by atoms with Crippen LogP contribution in [0.2, 0.25) is 0 Å². The third-order valence-electron chi connectivity index (χ3n) is 5.02. The van der Waals surface area contributed by atoms with Crippen molar-refractivity contribution in [2.45, 2.75) is 31.2 Å². The number of piperidine rings is 1. The minimum absolute atomic E-state index is 0.0397. The molecule has 140 valence electrons. The highest BCUT2D eigenvalue weighted by molar-refractivity contribution is 6.01. The van der Waals surface area contributed by atoms with Gasteiger partial charge < -0.3 is 15.5 Å². The van der Waals surface area contributed by atoms with E-state index < -0.39 is 11.7 Å². The molecule has 1 aromatic heterocycles. The smallest absolute Gasteiger partial charge is 0.228 e. The van der Waals surface area contributed by atoms with Gasteiger partial charge in [-0.15, -0.1) is 5.10 Å². The normalized spacial score (nSPS) is 22.0. The molecule has 0 aliphatic carbocycles. The largest absolute Gasteiger partial charge is 0.353 e. The maximum absolute atomic E-state index is 13.5. The lowest BCUT2D eigenvalue weighted by Crippen LogP contribution is -2.49. The van der Waals surface area contributed by atoms with Gasteiger partial charge in [-0.3, -0.25) is 9.59 Å². The van der Waals surface area contributed by atoms with Crippen molar-refractivity contribution in [3.63, 3.8) is 0 Å². The van der Waals surface area contributed by atoms with Gasteiger partial charge in [0.15, 0.2) is 5.82 Å². The van der Waals surface area contributed by atoms with E-state index in [9.17, 15) is 14.0 Å². The van der Waals surface area contributed by atoms with Crippen LogP contribution in [-0.4, -0.2) is 41.1 Å². The van der Waals surface area contributed by atoms with Crippen molar-refractivity contribution in [3.05, 3.63) is 47.9 Å². The first-order chi connectivity index (χ1) is 13.1. The molecule has 0 bridgehead atoms. The number of anilines is 2. The van der Waals surface area contributed by atoms with Crippen LogP contribution < -0.4 is 15.5 Å². The van der Waals surface area contributed by atoms with E-state index in [0.717, 1.165) is 25.2 Å². The highest BCUT2D eigenvalue weighted by Crippen LogP contribution is 2.33. The van der Waals surface area contributed by atoms with Gasteiger partial charge in [0, 0.05) is 37.4 Å². The van der Waals surface area contributed by atoms with E-state index in [1.165, 1.54) is 12.1 Å². The molecule has 4 rings (SSSR count). The van der Waals surface area contributed by atoms with Gasteiger partial charge in [0.1, 0.15) is 5.82 Å². The first-order valence-electron chi connectivity index (χ1n) is 9.02. The molecule has 1 aromatic carbocycles. The summed E-state index contributed by atoms with van der Waals surface area (Å²) in [6.45, 7) is 1.50. The Hall–Kier alpha value is -3.03. The molecular formula is C19H20FN5O2. The standard InChI is InChI=1S/C19H20FN5O2/c20-12-5-6-14-15(10-18(26)23-16(14)9-12)19(27)22-13-3-2-8-25(11-13)17-4-1-7-21-24-17/h1,4-7,9,13,15H,2-3,8,10-11H2,(H,22,27)(H,23,26). The number of carbonyl (C=O) groups is 2. The molecule has 0 radical (unpaired) electrons. The Labute approximate surface area is 156 Å². The van der Waals surface area contributed by atoms with Crippen molar-refractivity contribution < 1.29 is 14.0 Å². The number of hydrogen-bond acceptors (Lipinski definition) is 5. The van der Waals surface area contributed by atoms with Crippen LogP contribution in [0.25, 0.3) is 0 Å². The van der Waals surface area contributed by atoms with E-state index in [1.54, 1.807) is 12.3 Å². The van der Waals surface area contributed by atoms with Crippen LogP contribution in [0, 0.1) is 5.82 Å². The summed E-state index contributed by atoms with van der Waals surface area (Å²) in [4.78, 5) is 26.9. The molecule has 2 amide bonds. The van der Waals surface area contributed by atoms with Gasteiger partial charge in [-0.1, -0.05) is 6.07 Å². The van der Waals surface area contributed by atoms with Crippen molar-refractivity contribution in [1.29, 1.82) is 0 Å². The van der Waals surface area contributed by atoms with Crippen LogP contribution in [0.3, 0.4) is 0 Å². The number of hydrogen-bond donors (Lipinski definition) is 2. The Balaban J connectivity index is 1.47. The molecule has 2 aliphatic heterocycles. The summed E-state index contributed by atoms with van der Waals surface area (Å²) in [7, 11) is 0. The lowest BCUT2D eigenvalue weighted by Gasteiger charge is -2.35. The molecule has 27 heavy (non-hydrogen) atoms. The van der Waals surface area contributed by atoms with E-state index in [0.29, 0.717) is 17.8 Å². The molecule has 2 N–H and O–H groups in total.